The zero-order valence-corrected chi connectivity index (χ0v) is 11.3. The van der Waals surface area contributed by atoms with E-state index in [0.29, 0.717) is 0 Å². The molecule has 0 spiro atoms. The zero-order chi connectivity index (χ0) is 13.2. The van der Waals surface area contributed by atoms with Gasteiger partial charge in [-0.2, -0.15) is 0 Å². The van der Waals surface area contributed by atoms with Crippen molar-refractivity contribution in [1.29, 1.82) is 0 Å². The van der Waals surface area contributed by atoms with Gasteiger partial charge in [-0.05, 0) is 6.42 Å². The SMILES string of the molecule is FC1=C(F)C2CC([Si](Cl)(Cl)Cl)C1C(F)C2(F)F. The van der Waals surface area contributed by atoms with Gasteiger partial charge >= 0.3 is 6.00 Å². The van der Waals surface area contributed by atoms with Crippen LogP contribution in [0.4, 0.5) is 22.0 Å². The molecule has 2 bridgehead atoms. The molecular weight excluding hydrogens is 326 g/mol. The third kappa shape index (κ3) is 1.91. The van der Waals surface area contributed by atoms with Crippen LogP contribution in [0.2, 0.25) is 5.54 Å². The van der Waals surface area contributed by atoms with Gasteiger partial charge in [0.05, 0.1) is 11.8 Å². The van der Waals surface area contributed by atoms with Gasteiger partial charge in [-0.15, -0.1) is 33.2 Å². The summed E-state index contributed by atoms with van der Waals surface area (Å²) in [6.07, 6.45) is -3.37. The lowest BCUT2D eigenvalue weighted by atomic mass is 9.70. The average Bonchev–Trinajstić information content (AvgIpc) is 2.16. The van der Waals surface area contributed by atoms with Crippen molar-refractivity contribution in [3.8, 4) is 0 Å². The van der Waals surface area contributed by atoms with E-state index >= 15 is 0 Å². The number of rotatable bonds is 1. The van der Waals surface area contributed by atoms with Gasteiger partial charge in [-0.3, -0.25) is 0 Å². The maximum absolute atomic E-state index is 13.5. The Bertz CT molecular complexity index is 380. The van der Waals surface area contributed by atoms with Gasteiger partial charge in [-0.25, -0.2) is 22.0 Å². The van der Waals surface area contributed by atoms with Gasteiger partial charge in [0.15, 0.2) is 6.17 Å². The molecule has 1 fully saturated rings. The summed E-state index contributed by atoms with van der Waals surface area (Å²) in [6, 6.07) is -3.58. The molecule has 3 aliphatic carbocycles. The van der Waals surface area contributed by atoms with Crippen molar-refractivity contribution >= 4 is 39.2 Å². The first kappa shape index (κ1) is 13.9. The molecule has 1 saturated carbocycles. The van der Waals surface area contributed by atoms with Crippen LogP contribution in [0.25, 0.3) is 0 Å². The van der Waals surface area contributed by atoms with Crippen molar-refractivity contribution in [2.75, 3.05) is 0 Å². The molecule has 3 aliphatic rings. The Kier molecular flexibility index (Phi) is 3.26. The normalized spacial score (nSPS) is 40.9. The topological polar surface area (TPSA) is 0 Å². The highest BCUT2D eigenvalue weighted by Crippen LogP contribution is 2.63. The standard InChI is InChI=1S/C8H6Cl3F5Si/c9-17(10,11)3-1-2-5(12)6(13)4(3)7(14)8(2,15)16/h2-4,7H,1H2. The molecule has 9 heteroatoms. The summed E-state index contributed by atoms with van der Waals surface area (Å²) in [6.45, 7) is 0. The van der Waals surface area contributed by atoms with Crippen molar-refractivity contribution in [3.63, 3.8) is 0 Å². The Morgan fingerprint density at radius 1 is 1.12 bits per heavy atom. The fraction of sp³-hybridized carbons (Fsp3) is 0.750. The largest absolute Gasteiger partial charge is 0.345 e. The zero-order valence-electron chi connectivity index (χ0n) is 8.04. The van der Waals surface area contributed by atoms with E-state index in [1.54, 1.807) is 0 Å². The summed E-state index contributed by atoms with van der Waals surface area (Å²) in [7, 11) is 0. The molecule has 0 aromatic carbocycles. The number of allylic oxidation sites excluding steroid dienone is 2. The maximum atomic E-state index is 13.5. The second-order valence-corrected chi connectivity index (χ2v) is 13.2. The third-order valence-electron chi connectivity index (χ3n) is 3.32. The number of alkyl halides is 3. The summed E-state index contributed by atoms with van der Waals surface area (Å²) in [5.41, 5.74) is -1.16. The van der Waals surface area contributed by atoms with E-state index in [9.17, 15) is 22.0 Å². The predicted octanol–water partition coefficient (Wildman–Crippen LogP) is 4.79. The molecule has 98 valence electrons. The van der Waals surface area contributed by atoms with Crippen LogP contribution >= 0.6 is 33.2 Å². The van der Waals surface area contributed by atoms with E-state index in [0.717, 1.165) is 0 Å². The number of fused-ring (bicyclic) bond motifs is 2. The summed E-state index contributed by atoms with van der Waals surface area (Å²) in [5, 5.41) is 0. The van der Waals surface area contributed by atoms with Crippen LogP contribution in [0.5, 0.6) is 0 Å². The van der Waals surface area contributed by atoms with E-state index in [2.05, 4.69) is 0 Å². The minimum atomic E-state index is -3.94. The van der Waals surface area contributed by atoms with Crippen LogP contribution < -0.4 is 0 Å². The molecular formula is C8H6Cl3F5Si. The van der Waals surface area contributed by atoms with Crippen molar-refractivity contribution in [1.82, 2.24) is 0 Å². The predicted molar refractivity (Wildman–Crippen MR) is 57.7 cm³/mol. The summed E-state index contributed by atoms with van der Waals surface area (Å²) >= 11 is 16.9. The van der Waals surface area contributed by atoms with E-state index in [1.165, 1.54) is 0 Å². The molecule has 4 unspecified atom stereocenters. The van der Waals surface area contributed by atoms with Gasteiger partial charge in [0.25, 0.3) is 5.92 Å². The van der Waals surface area contributed by atoms with Crippen LogP contribution in [0.3, 0.4) is 0 Å². The molecule has 4 atom stereocenters. The summed E-state index contributed by atoms with van der Waals surface area (Å²) < 4.78 is 66.9. The first-order valence-electron chi connectivity index (χ1n) is 4.72. The van der Waals surface area contributed by atoms with Crippen LogP contribution in [0, 0.1) is 11.8 Å². The van der Waals surface area contributed by atoms with E-state index < -0.39 is 53.5 Å². The van der Waals surface area contributed by atoms with Crippen molar-refractivity contribution < 1.29 is 22.0 Å². The maximum Gasteiger partial charge on any atom is 0.345 e. The first-order valence-corrected chi connectivity index (χ1v) is 9.83. The Hall–Kier alpha value is 0.477. The van der Waals surface area contributed by atoms with Gasteiger partial charge in [-0.1, -0.05) is 0 Å². The smallest absolute Gasteiger partial charge is 0.240 e. The van der Waals surface area contributed by atoms with Crippen LogP contribution in [0.15, 0.2) is 11.7 Å². The lowest BCUT2D eigenvalue weighted by molar-refractivity contribution is -0.164. The molecule has 17 heavy (non-hydrogen) atoms. The number of hydrogen-bond donors (Lipinski definition) is 0. The number of hydrogen-bond acceptors (Lipinski definition) is 0. The fourth-order valence-corrected chi connectivity index (χ4v) is 5.68. The minimum absolute atomic E-state index is 0.528. The van der Waals surface area contributed by atoms with Gasteiger partial charge in [0.1, 0.15) is 11.7 Å². The Morgan fingerprint density at radius 3 is 2.12 bits per heavy atom. The molecule has 3 rings (SSSR count). The molecule has 0 nitrogen and oxygen atoms in total. The lowest BCUT2D eigenvalue weighted by Gasteiger charge is -2.48. The highest BCUT2D eigenvalue weighted by atomic mass is 35.8. The molecule has 0 radical (unpaired) electrons. The highest BCUT2D eigenvalue weighted by Gasteiger charge is 2.68. The van der Waals surface area contributed by atoms with Crippen LogP contribution in [-0.2, 0) is 0 Å². The second kappa shape index (κ2) is 3.98. The van der Waals surface area contributed by atoms with E-state index in [-0.39, 0.29) is 0 Å². The Balaban J connectivity index is 2.49. The molecule has 0 aliphatic heterocycles. The number of halogens is 8. The fourth-order valence-electron chi connectivity index (χ4n) is 2.43. The summed E-state index contributed by atoms with van der Waals surface area (Å²) in [5.74, 6) is -11.2. The Morgan fingerprint density at radius 2 is 1.65 bits per heavy atom. The van der Waals surface area contributed by atoms with Gasteiger partial charge in [0, 0.05) is 5.54 Å². The Labute approximate surface area is 109 Å². The monoisotopic (exact) mass is 330 g/mol. The quantitative estimate of drug-likeness (QED) is 0.368. The van der Waals surface area contributed by atoms with E-state index in [1.807, 2.05) is 0 Å². The average molecular weight is 332 g/mol. The molecule has 0 saturated heterocycles. The lowest BCUT2D eigenvalue weighted by Crippen LogP contribution is -2.56. The summed E-state index contributed by atoms with van der Waals surface area (Å²) in [4.78, 5) is 0. The molecule has 0 N–H and O–H groups in total. The molecule has 0 heterocycles. The third-order valence-corrected chi connectivity index (χ3v) is 7.28. The van der Waals surface area contributed by atoms with Gasteiger partial charge < -0.3 is 0 Å². The van der Waals surface area contributed by atoms with Crippen LogP contribution in [-0.4, -0.2) is 18.1 Å². The first-order chi connectivity index (χ1) is 7.58. The highest BCUT2D eigenvalue weighted by molar-refractivity contribution is 7.65. The van der Waals surface area contributed by atoms with Crippen molar-refractivity contribution in [3.05, 3.63) is 11.7 Å². The van der Waals surface area contributed by atoms with Crippen molar-refractivity contribution in [2.24, 2.45) is 11.8 Å². The molecule has 0 amide bonds. The van der Waals surface area contributed by atoms with Crippen LogP contribution in [0.1, 0.15) is 6.42 Å². The van der Waals surface area contributed by atoms with E-state index in [4.69, 9.17) is 33.2 Å². The van der Waals surface area contributed by atoms with Crippen molar-refractivity contribution in [2.45, 2.75) is 24.1 Å². The minimum Gasteiger partial charge on any atom is -0.240 e. The molecule has 0 aromatic heterocycles. The van der Waals surface area contributed by atoms with Gasteiger partial charge in [0.2, 0.25) is 0 Å². The second-order valence-electron chi connectivity index (χ2n) is 4.23. The molecule has 0 aromatic rings.